The van der Waals surface area contributed by atoms with Crippen molar-refractivity contribution in [1.82, 2.24) is 15.2 Å². The lowest BCUT2D eigenvalue weighted by Crippen LogP contribution is -2.61. The lowest BCUT2D eigenvalue weighted by atomic mass is 10.1. The van der Waals surface area contributed by atoms with Gasteiger partial charge in [0.15, 0.2) is 9.84 Å². The van der Waals surface area contributed by atoms with Gasteiger partial charge in [-0.2, -0.15) is 0 Å². The molecule has 206 valence electrons. The van der Waals surface area contributed by atoms with Crippen LogP contribution >= 0.6 is 11.6 Å². The Kier molecular flexibility index (Phi) is 8.71. The molecule has 1 aromatic heterocycles. The van der Waals surface area contributed by atoms with Gasteiger partial charge in [0.2, 0.25) is 11.8 Å². The summed E-state index contributed by atoms with van der Waals surface area (Å²) in [5.74, 6) is -2.02. The number of nitrogens with zero attached hydrogens (tertiary/aromatic N) is 3. The summed E-state index contributed by atoms with van der Waals surface area (Å²) in [4.78, 5) is 45.6. The summed E-state index contributed by atoms with van der Waals surface area (Å²) < 4.78 is 30.8. The van der Waals surface area contributed by atoms with Crippen molar-refractivity contribution < 1.29 is 27.5 Å². The number of fused-ring (bicyclic) bond motifs is 1. The molecule has 2 amide bonds. The van der Waals surface area contributed by atoms with E-state index in [-0.39, 0.29) is 31.0 Å². The molecule has 0 radical (unpaired) electrons. The van der Waals surface area contributed by atoms with Gasteiger partial charge in [0.05, 0.1) is 17.8 Å². The molecule has 1 aliphatic heterocycles. The summed E-state index contributed by atoms with van der Waals surface area (Å²) in [5, 5.41) is 4.59. The summed E-state index contributed by atoms with van der Waals surface area (Å²) in [6.45, 7) is 2.32. The molecule has 0 bridgehead atoms. The number of piperazine rings is 1. The van der Waals surface area contributed by atoms with Crippen molar-refractivity contribution in [2.75, 3.05) is 43.9 Å². The third kappa shape index (κ3) is 6.85. The highest BCUT2D eigenvalue weighted by atomic mass is 35.5. The second-order valence-corrected chi connectivity index (χ2v) is 11.8. The van der Waals surface area contributed by atoms with Gasteiger partial charge in [0, 0.05) is 48.7 Å². The van der Waals surface area contributed by atoms with Crippen LogP contribution in [0.25, 0.3) is 10.8 Å². The zero-order valence-electron chi connectivity index (χ0n) is 21.6. The number of pyridine rings is 1. The lowest BCUT2D eigenvalue weighted by molar-refractivity contribution is -0.143. The lowest BCUT2D eigenvalue weighted by Gasteiger charge is -2.41. The number of amides is 2. The van der Waals surface area contributed by atoms with E-state index < -0.39 is 39.4 Å². The molecule has 2 heterocycles. The zero-order valence-corrected chi connectivity index (χ0v) is 23.2. The Hall–Kier alpha value is -3.70. The smallest absolute Gasteiger partial charge is 0.325 e. The number of anilines is 1. The van der Waals surface area contributed by atoms with Gasteiger partial charge in [-0.1, -0.05) is 23.7 Å². The molecular weight excluding hydrogens is 544 g/mol. The molecule has 0 saturated carbocycles. The topological polar surface area (TPSA) is 126 Å². The zero-order chi connectivity index (χ0) is 28.2. The van der Waals surface area contributed by atoms with Crippen LogP contribution in [-0.4, -0.2) is 81.2 Å². The first kappa shape index (κ1) is 28.3. The van der Waals surface area contributed by atoms with Crippen LogP contribution in [0.1, 0.15) is 12.1 Å². The summed E-state index contributed by atoms with van der Waals surface area (Å²) in [5.41, 5.74) is 1.65. The Morgan fingerprint density at radius 2 is 1.82 bits per heavy atom. The Balaban J connectivity index is 1.49. The number of aryl methyl sites for hydroxylation is 1. The number of carbonyl (C=O) groups is 3. The molecule has 1 unspecified atom stereocenters. The van der Waals surface area contributed by atoms with Crippen molar-refractivity contribution in [2.45, 2.75) is 24.3 Å². The number of hydrogen-bond donors (Lipinski definition) is 1. The van der Waals surface area contributed by atoms with Gasteiger partial charge >= 0.3 is 5.97 Å². The summed E-state index contributed by atoms with van der Waals surface area (Å²) in [6, 6.07) is 12.7. The van der Waals surface area contributed by atoms with E-state index in [0.717, 1.165) is 22.2 Å². The first-order valence-corrected chi connectivity index (χ1v) is 14.3. The molecule has 0 aliphatic carbocycles. The number of methoxy groups -OCH3 is 1. The highest BCUT2D eigenvalue weighted by Gasteiger charge is 2.36. The highest BCUT2D eigenvalue weighted by molar-refractivity contribution is 7.91. The first-order chi connectivity index (χ1) is 18.6. The fraction of sp³-hybridized carbons (Fsp3) is 0.333. The van der Waals surface area contributed by atoms with Crippen LogP contribution in [0, 0.1) is 6.92 Å². The minimum absolute atomic E-state index is 0.107. The second kappa shape index (κ2) is 12.0. The van der Waals surface area contributed by atoms with Crippen LogP contribution < -0.4 is 10.2 Å². The fourth-order valence-electron chi connectivity index (χ4n) is 4.49. The second-order valence-electron chi connectivity index (χ2n) is 9.22. The minimum atomic E-state index is -3.78. The van der Waals surface area contributed by atoms with Crippen LogP contribution in [0.3, 0.4) is 0 Å². The standard InChI is InChI=1S/C27H29ClN4O6S/c1-18-13-22(7-9-29-18)31-10-11-32(24(17-31)27(35)30-16-26(34)38-2)25(33)8-12-39(36,37)23-6-4-19-14-21(28)5-3-20(19)15-23/h3-7,9,13-15,24H,8,10-12,16-17H2,1-2H3,(H,30,35). The van der Waals surface area contributed by atoms with Crippen molar-refractivity contribution in [2.24, 2.45) is 0 Å². The van der Waals surface area contributed by atoms with E-state index in [0.29, 0.717) is 11.6 Å². The van der Waals surface area contributed by atoms with Gasteiger partial charge in [0.25, 0.3) is 0 Å². The summed E-state index contributed by atoms with van der Waals surface area (Å²) in [7, 11) is -2.56. The van der Waals surface area contributed by atoms with Crippen LogP contribution in [0.2, 0.25) is 5.02 Å². The summed E-state index contributed by atoms with van der Waals surface area (Å²) in [6.07, 6.45) is 1.37. The fourth-order valence-corrected chi connectivity index (χ4v) is 5.93. The maximum absolute atomic E-state index is 13.3. The van der Waals surface area contributed by atoms with E-state index in [1.54, 1.807) is 36.5 Å². The molecular formula is C27H29ClN4O6S. The van der Waals surface area contributed by atoms with Crippen LogP contribution in [-0.2, 0) is 29.0 Å². The molecule has 4 rings (SSSR count). The van der Waals surface area contributed by atoms with Crippen molar-refractivity contribution in [3.8, 4) is 0 Å². The summed E-state index contributed by atoms with van der Waals surface area (Å²) >= 11 is 6.02. The van der Waals surface area contributed by atoms with Gasteiger partial charge < -0.3 is 19.9 Å². The van der Waals surface area contributed by atoms with E-state index in [1.807, 2.05) is 24.0 Å². The van der Waals surface area contributed by atoms with Crippen molar-refractivity contribution in [3.63, 3.8) is 0 Å². The Bertz CT molecular complexity index is 1510. The first-order valence-electron chi connectivity index (χ1n) is 12.3. The van der Waals surface area contributed by atoms with Gasteiger partial charge in [-0.25, -0.2) is 8.42 Å². The number of sulfone groups is 1. The van der Waals surface area contributed by atoms with Gasteiger partial charge in [-0.3, -0.25) is 19.4 Å². The van der Waals surface area contributed by atoms with Crippen molar-refractivity contribution >= 4 is 55.7 Å². The molecule has 0 spiro atoms. The number of benzene rings is 2. The Morgan fingerprint density at radius 3 is 2.56 bits per heavy atom. The van der Waals surface area contributed by atoms with E-state index in [9.17, 15) is 22.8 Å². The largest absolute Gasteiger partial charge is 0.468 e. The number of esters is 1. The van der Waals surface area contributed by atoms with E-state index in [4.69, 9.17) is 11.6 Å². The maximum Gasteiger partial charge on any atom is 0.325 e. The van der Waals surface area contributed by atoms with Crippen LogP contribution in [0.5, 0.6) is 0 Å². The Morgan fingerprint density at radius 1 is 1.08 bits per heavy atom. The van der Waals surface area contributed by atoms with E-state index in [1.165, 1.54) is 18.1 Å². The molecule has 39 heavy (non-hydrogen) atoms. The van der Waals surface area contributed by atoms with Crippen molar-refractivity contribution in [3.05, 3.63) is 65.4 Å². The predicted molar refractivity (Wildman–Crippen MR) is 147 cm³/mol. The number of aromatic nitrogens is 1. The average molecular weight is 573 g/mol. The molecule has 1 aliphatic rings. The van der Waals surface area contributed by atoms with E-state index >= 15 is 0 Å². The number of ether oxygens (including phenoxy) is 1. The molecule has 2 aromatic carbocycles. The molecule has 1 fully saturated rings. The number of rotatable bonds is 8. The highest BCUT2D eigenvalue weighted by Crippen LogP contribution is 2.24. The monoisotopic (exact) mass is 572 g/mol. The van der Waals surface area contributed by atoms with Gasteiger partial charge in [-0.15, -0.1) is 0 Å². The number of nitrogens with one attached hydrogen (secondary N) is 1. The Labute approximate surface area is 231 Å². The normalized spacial score (nSPS) is 15.7. The average Bonchev–Trinajstić information content (AvgIpc) is 2.93. The van der Waals surface area contributed by atoms with Gasteiger partial charge in [0.1, 0.15) is 12.6 Å². The van der Waals surface area contributed by atoms with Crippen LogP contribution in [0.4, 0.5) is 5.69 Å². The third-order valence-corrected chi connectivity index (χ3v) is 8.55. The molecule has 1 saturated heterocycles. The van der Waals surface area contributed by atoms with E-state index in [2.05, 4.69) is 15.0 Å². The maximum atomic E-state index is 13.3. The number of hydrogen-bond acceptors (Lipinski definition) is 8. The minimum Gasteiger partial charge on any atom is -0.468 e. The molecule has 3 aromatic rings. The molecule has 1 atom stereocenters. The number of halogens is 1. The van der Waals surface area contributed by atoms with Gasteiger partial charge in [-0.05, 0) is 54.1 Å². The molecule has 1 N–H and O–H groups in total. The molecule has 10 nitrogen and oxygen atoms in total. The quantitative estimate of drug-likeness (QED) is 0.408. The van der Waals surface area contributed by atoms with Crippen LogP contribution in [0.15, 0.2) is 59.6 Å². The van der Waals surface area contributed by atoms with Crippen molar-refractivity contribution in [1.29, 1.82) is 0 Å². The number of carbonyl (C=O) groups excluding carboxylic acids is 3. The third-order valence-electron chi connectivity index (χ3n) is 6.60. The predicted octanol–water partition coefficient (Wildman–Crippen LogP) is 2.37. The SMILES string of the molecule is COC(=O)CNC(=O)C1CN(c2ccnc(C)c2)CCN1C(=O)CCS(=O)(=O)c1ccc2cc(Cl)ccc2c1. The molecule has 12 heteroatoms.